The van der Waals surface area contributed by atoms with E-state index < -0.39 is 50.7 Å². The number of fused-ring (bicyclic) bond motifs is 7. The molecule has 2 atom stereocenters. The normalized spacial score (nSPS) is 33.8. The molecule has 0 radical (unpaired) electrons. The molecule has 0 aromatic rings. The Morgan fingerprint density at radius 2 is 1.00 bits per heavy atom. The summed E-state index contributed by atoms with van der Waals surface area (Å²) in [6.07, 6.45) is 0. The van der Waals surface area contributed by atoms with Crippen molar-refractivity contribution in [3.8, 4) is 0 Å². The Hall–Kier alpha value is -0.516. The van der Waals surface area contributed by atoms with Gasteiger partial charge in [-0.25, -0.2) is 0 Å². The molecule has 2 unspecified atom stereocenters. The summed E-state index contributed by atoms with van der Waals surface area (Å²) >= 11 is -2.87. The van der Waals surface area contributed by atoms with Gasteiger partial charge in [0.2, 0.25) is 0 Å². The summed E-state index contributed by atoms with van der Waals surface area (Å²) in [4.78, 5) is 42.4. The van der Waals surface area contributed by atoms with Gasteiger partial charge in [0.05, 0.1) is 0 Å². The molecule has 3 aliphatic heterocycles. The first-order chi connectivity index (χ1) is 12.1. The standard InChI is InChI=1S/C14H26N4O6.Lu/c19-12(20)9-16-3-1-15-2-4-17(10-13(21)22)6-8-18(7-5-16)11-14(23)24;/h15H,1-11H2,(H,19,20)(H,21,22)(H,23,24);/q;+3/p-3/i;1+2. The minimum absolute atomic E-state index is 0.0766. The van der Waals surface area contributed by atoms with Gasteiger partial charge < -0.3 is 0 Å². The molecule has 3 aliphatic rings. The fourth-order valence-electron chi connectivity index (χ4n) is 2.75. The second-order valence-electron chi connectivity index (χ2n) is 5.98. The third-order valence-corrected chi connectivity index (χ3v) is 6.00. The quantitative estimate of drug-likeness (QED) is 0.370. The van der Waals surface area contributed by atoms with Crippen LogP contribution in [0.4, 0.5) is 0 Å². The van der Waals surface area contributed by atoms with E-state index in [1.165, 1.54) is 0 Å². The van der Waals surface area contributed by atoms with Crippen molar-refractivity contribution in [2.75, 3.05) is 72.0 Å². The zero-order chi connectivity index (χ0) is 17.6. The molecule has 0 aliphatic carbocycles. The van der Waals surface area contributed by atoms with E-state index in [0.29, 0.717) is 39.3 Å². The fourth-order valence-corrected chi connectivity index (χ4v) is 4.20. The molecule has 10 nitrogen and oxygen atoms in total. The summed E-state index contributed by atoms with van der Waals surface area (Å²) in [5.74, 6) is -1.62. The molecule has 3 fully saturated rings. The Morgan fingerprint density at radius 3 is 1.40 bits per heavy atom. The molecule has 25 heavy (non-hydrogen) atoms. The van der Waals surface area contributed by atoms with Crippen molar-refractivity contribution < 1.29 is 51.8 Å². The van der Waals surface area contributed by atoms with Crippen LogP contribution in [0.25, 0.3) is 0 Å². The zero-order valence-corrected chi connectivity index (χ0v) is 15.5. The van der Waals surface area contributed by atoms with Gasteiger partial charge in [-0.15, -0.1) is 0 Å². The monoisotopic (exact) mass is 520 g/mol. The number of rotatable bonds is 0. The van der Waals surface area contributed by atoms with Crippen LogP contribution in [0.3, 0.4) is 0 Å². The van der Waals surface area contributed by atoms with Crippen LogP contribution < -0.4 is 5.32 Å². The summed E-state index contributed by atoms with van der Waals surface area (Å²) in [6, 6.07) is 0. The van der Waals surface area contributed by atoms with Crippen molar-refractivity contribution in [3.05, 3.63) is 0 Å². The maximum atomic E-state index is 12.2. The van der Waals surface area contributed by atoms with Crippen LogP contribution in [0, 0.1) is 32.8 Å². The van der Waals surface area contributed by atoms with Gasteiger partial charge in [-0.3, -0.25) is 0 Å². The average Bonchev–Trinajstić information content (AvgIpc) is 2.56. The van der Waals surface area contributed by atoms with E-state index in [0.717, 1.165) is 13.1 Å². The maximum absolute atomic E-state index is 12.2. The van der Waals surface area contributed by atoms with Crippen LogP contribution in [0.2, 0.25) is 0 Å². The summed E-state index contributed by atoms with van der Waals surface area (Å²) < 4.78 is 15.5. The average molecular weight is 520 g/mol. The fraction of sp³-hybridized carbons (Fsp3) is 0.786. The number of carbonyl (C=O) groups is 3. The van der Waals surface area contributed by atoms with Crippen LogP contribution in [-0.4, -0.2) is 105 Å². The molecule has 4 bridgehead atoms. The van der Waals surface area contributed by atoms with Crippen LogP contribution in [0.1, 0.15) is 0 Å². The molecular formula is C14H23LuN4O6. The third-order valence-electron chi connectivity index (χ3n) is 4.04. The molecule has 11 heteroatoms. The molecule has 3 heterocycles. The molecule has 150 valence electrons. The molecular weight excluding hydrogens is 497 g/mol. The van der Waals surface area contributed by atoms with Crippen molar-refractivity contribution >= 4 is 17.9 Å². The third kappa shape index (κ3) is 6.30. The van der Waals surface area contributed by atoms with Crippen LogP contribution in [-0.2, 0) is 19.0 Å². The van der Waals surface area contributed by atoms with Crippen molar-refractivity contribution in [1.29, 1.82) is 0 Å². The van der Waals surface area contributed by atoms with Gasteiger partial charge in [0, 0.05) is 0 Å². The molecule has 0 aromatic carbocycles. The van der Waals surface area contributed by atoms with Crippen molar-refractivity contribution in [2.24, 2.45) is 0 Å². The second kappa shape index (κ2) is 9.43. The van der Waals surface area contributed by atoms with Crippen LogP contribution in [0.5, 0.6) is 0 Å². The van der Waals surface area contributed by atoms with Gasteiger partial charge in [0.1, 0.15) is 0 Å². The van der Waals surface area contributed by atoms with Crippen LogP contribution in [0.15, 0.2) is 0 Å². The van der Waals surface area contributed by atoms with Crippen molar-refractivity contribution in [3.63, 3.8) is 0 Å². The van der Waals surface area contributed by atoms with E-state index in [-0.39, 0.29) is 19.6 Å². The van der Waals surface area contributed by atoms with Gasteiger partial charge in [0.25, 0.3) is 0 Å². The molecule has 0 amide bonds. The Bertz CT molecular complexity index is 488. The Balaban J connectivity index is 1.89. The number of carbonyl (C=O) groups excluding carboxylic acids is 3. The van der Waals surface area contributed by atoms with E-state index in [2.05, 4.69) is 5.32 Å². The molecule has 1 N–H and O–H groups in total. The van der Waals surface area contributed by atoms with E-state index in [9.17, 15) is 14.4 Å². The van der Waals surface area contributed by atoms with Gasteiger partial charge in [-0.05, 0) is 0 Å². The number of nitrogens with zero attached hydrogens (tertiary/aromatic N) is 3. The summed E-state index contributed by atoms with van der Waals surface area (Å²) in [5, 5.41) is 3.33. The van der Waals surface area contributed by atoms with E-state index in [4.69, 9.17) is 4.65 Å². The Labute approximate surface area is 161 Å². The second-order valence-corrected chi connectivity index (χ2v) is 7.82. The van der Waals surface area contributed by atoms with E-state index >= 15 is 0 Å². The van der Waals surface area contributed by atoms with E-state index in [1.807, 2.05) is 14.7 Å². The first-order valence-corrected chi connectivity index (χ1v) is 10.2. The number of hydrogen-bond donors (Lipinski definition) is 1. The zero-order valence-electron chi connectivity index (χ0n) is 13.8. The Kier molecular flexibility index (Phi) is 7.26. The molecule has 0 spiro atoms. The van der Waals surface area contributed by atoms with Crippen molar-refractivity contribution in [1.82, 2.24) is 20.0 Å². The SMILES string of the molecule is O=C1CN2CCNCCN3CCN(CC2)CC(=O)[O][177Lu]([O]1)[O]C(=O)C3. The summed E-state index contributed by atoms with van der Waals surface area (Å²) in [6.45, 7) is 5.66. The topological polar surface area (TPSA) is 101 Å². The minimum atomic E-state index is -2.87. The predicted octanol–water partition coefficient (Wildman–Crippen LogP) is -2.48. The summed E-state index contributed by atoms with van der Waals surface area (Å²) in [7, 11) is 0. The molecule has 3 saturated heterocycles. The Morgan fingerprint density at radius 1 is 0.640 bits per heavy atom. The molecule has 0 aromatic heterocycles. The van der Waals surface area contributed by atoms with Gasteiger partial charge in [-0.2, -0.15) is 0 Å². The molecule has 3 rings (SSSR count). The molecule has 0 saturated carbocycles. The van der Waals surface area contributed by atoms with Gasteiger partial charge >= 0.3 is 162 Å². The van der Waals surface area contributed by atoms with E-state index in [1.54, 1.807) is 0 Å². The predicted molar refractivity (Wildman–Crippen MR) is 80.5 cm³/mol. The number of nitrogens with one attached hydrogen (secondary N) is 1. The first-order valence-electron chi connectivity index (χ1n) is 8.15. The van der Waals surface area contributed by atoms with Crippen LogP contribution >= 0.6 is 0 Å². The van der Waals surface area contributed by atoms with Gasteiger partial charge in [-0.1, -0.05) is 0 Å². The summed E-state index contributed by atoms with van der Waals surface area (Å²) in [5.41, 5.74) is 0. The van der Waals surface area contributed by atoms with Gasteiger partial charge in [0.15, 0.2) is 0 Å². The number of hydrogen-bond acceptors (Lipinski definition) is 10. The first kappa shape index (κ1) is 19.3. The van der Waals surface area contributed by atoms with Crippen molar-refractivity contribution in [2.45, 2.75) is 0 Å².